The lowest BCUT2D eigenvalue weighted by Gasteiger charge is -2.37. The van der Waals surface area contributed by atoms with Gasteiger partial charge in [-0.1, -0.05) is 57.2 Å². The molecule has 0 radical (unpaired) electrons. The van der Waals surface area contributed by atoms with Crippen LogP contribution in [0.5, 0.6) is 0 Å². The lowest BCUT2D eigenvalue weighted by Crippen LogP contribution is -2.48. The second kappa shape index (κ2) is 8.48. The first-order chi connectivity index (χ1) is 14.7. The highest BCUT2D eigenvalue weighted by atomic mass is 28.4. The third-order valence-electron chi connectivity index (χ3n) is 6.21. The number of nitrogens with zero attached hydrogens (tertiary/aromatic N) is 1. The van der Waals surface area contributed by atoms with Gasteiger partial charge in [-0.2, -0.15) is 0 Å². The summed E-state index contributed by atoms with van der Waals surface area (Å²) in [6.45, 7) is 16.5. The van der Waals surface area contributed by atoms with Gasteiger partial charge >= 0.3 is 6.09 Å². The van der Waals surface area contributed by atoms with E-state index in [1.165, 1.54) is 4.90 Å². The average molecular weight is 454 g/mol. The minimum absolute atomic E-state index is 0.0251. The summed E-state index contributed by atoms with van der Waals surface area (Å²) in [5.74, 6) is -0.349. The molecule has 6 heteroatoms. The number of rotatable bonds is 4. The van der Waals surface area contributed by atoms with Crippen molar-refractivity contribution in [3.63, 3.8) is 0 Å². The van der Waals surface area contributed by atoms with Crippen LogP contribution in [0.25, 0.3) is 16.3 Å². The molecule has 5 nitrogen and oxygen atoms in total. The number of carbonyl (C=O) groups excluding carboxylic acids is 2. The maximum Gasteiger partial charge on any atom is 0.417 e. The van der Waals surface area contributed by atoms with Crippen molar-refractivity contribution in [3.05, 3.63) is 54.1 Å². The average Bonchev–Trinajstić information content (AvgIpc) is 3.00. The van der Waals surface area contributed by atoms with Crippen molar-refractivity contribution in [1.29, 1.82) is 0 Å². The number of carbonyl (C=O) groups is 2. The maximum absolute atomic E-state index is 13.4. The second-order valence-electron chi connectivity index (χ2n) is 10.9. The fourth-order valence-electron chi connectivity index (χ4n) is 3.36. The maximum atomic E-state index is 13.4. The molecule has 32 heavy (non-hydrogen) atoms. The minimum Gasteiger partial charge on any atom is -0.443 e. The Morgan fingerprint density at radius 2 is 1.62 bits per heavy atom. The molecular weight excluding hydrogens is 418 g/mol. The van der Waals surface area contributed by atoms with Gasteiger partial charge in [0.05, 0.1) is 12.6 Å². The Hall–Kier alpha value is -2.44. The van der Waals surface area contributed by atoms with Crippen LogP contribution in [0.3, 0.4) is 0 Å². The molecule has 0 saturated carbocycles. The summed E-state index contributed by atoms with van der Waals surface area (Å²) < 4.78 is 11.9. The van der Waals surface area contributed by atoms with E-state index < -0.39 is 26.1 Å². The third-order valence-corrected chi connectivity index (χ3v) is 10.7. The lowest BCUT2D eigenvalue weighted by molar-refractivity contribution is -0.124. The number of amides is 2. The Morgan fingerprint density at radius 3 is 2.22 bits per heavy atom. The van der Waals surface area contributed by atoms with E-state index in [0.29, 0.717) is 5.57 Å². The zero-order valence-electron chi connectivity index (χ0n) is 20.5. The molecule has 0 N–H and O–H groups in total. The summed E-state index contributed by atoms with van der Waals surface area (Å²) in [7, 11) is -2.06. The van der Waals surface area contributed by atoms with E-state index in [4.69, 9.17) is 9.16 Å². The van der Waals surface area contributed by atoms with Gasteiger partial charge < -0.3 is 9.16 Å². The van der Waals surface area contributed by atoms with Crippen LogP contribution in [-0.4, -0.2) is 43.5 Å². The van der Waals surface area contributed by atoms with Crippen molar-refractivity contribution >= 4 is 36.7 Å². The van der Waals surface area contributed by atoms with Crippen LogP contribution < -0.4 is 0 Å². The summed E-state index contributed by atoms with van der Waals surface area (Å²) in [4.78, 5) is 27.6. The minimum atomic E-state index is -2.06. The monoisotopic (exact) mass is 453 g/mol. The van der Waals surface area contributed by atoms with Gasteiger partial charge in [0.1, 0.15) is 5.60 Å². The molecular formula is C26H35NO4Si. The standard InChI is InChI=1S/C26H35NO4Si/c1-25(2,3)31-24(29)27-21(17-30-32(7,8)26(4,5)6)16-22(23(27)28)20-14-13-18-11-9-10-12-19(18)15-20/h9-16,21H,17H2,1-8H3/t21-/m1/s1. The van der Waals surface area contributed by atoms with E-state index in [1.807, 2.05) is 48.5 Å². The SMILES string of the molecule is CC(C)(C)OC(=O)N1C(=O)C(c2ccc3ccccc3c2)=C[C@@H]1CO[Si](C)(C)C(C)(C)C. The topological polar surface area (TPSA) is 55.8 Å². The van der Waals surface area contributed by atoms with Gasteiger partial charge in [-0.05, 0) is 67.4 Å². The normalized spacial score (nSPS) is 17.6. The van der Waals surface area contributed by atoms with Gasteiger partial charge in [0.15, 0.2) is 8.32 Å². The van der Waals surface area contributed by atoms with Gasteiger partial charge in [0.25, 0.3) is 5.91 Å². The van der Waals surface area contributed by atoms with Crippen molar-refractivity contribution in [2.45, 2.75) is 71.3 Å². The van der Waals surface area contributed by atoms with Gasteiger partial charge in [-0.15, -0.1) is 0 Å². The lowest BCUT2D eigenvalue weighted by atomic mass is 10.0. The Balaban J connectivity index is 1.95. The van der Waals surface area contributed by atoms with Crippen molar-refractivity contribution in [3.8, 4) is 0 Å². The van der Waals surface area contributed by atoms with E-state index in [-0.39, 0.29) is 17.6 Å². The smallest absolute Gasteiger partial charge is 0.417 e. The van der Waals surface area contributed by atoms with Gasteiger partial charge in [-0.3, -0.25) is 4.79 Å². The first kappa shape index (κ1) is 24.2. The zero-order valence-corrected chi connectivity index (χ0v) is 21.5. The summed E-state index contributed by atoms with van der Waals surface area (Å²) in [6.07, 6.45) is 1.21. The molecule has 0 spiro atoms. The summed E-state index contributed by atoms with van der Waals surface area (Å²) in [6, 6.07) is 13.4. The molecule has 2 aromatic rings. The molecule has 0 aliphatic carbocycles. The van der Waals surface area contributed by atoms with E-state index in [9.17, 15) is 9.59 Å². The summed E-state index contributed by atoms with van der Waals surface area (Å²) in [5, 5.41) is 2.17. The Kier molecular flexibility index (Phi) is 6.42. The molecule has 2 amide bonds. The predicted molar refractivity (Wildman–Crippen MR) is 132 cm³/mol. The van der Waals surface area contributed by atoms with Gasteiger partial charge in [0.2, 0.25) is 0 Å². The Bertz CT molecular complexity index is 1060. The number of hydrogen-bond acceptors (Lipinski definition) is 4. The summed E-state index contributed by atoms with van der Waals surface area (Å²) in [5.41, 5.74) is 0.594. The van der Waals surface area contributed by atoms with Crippen LogP contribution >= 0.6 is 0 Å². The van der Waals surface area contributed by atoms with Gasteiger partial charge in [-0.25, -0.2) is 9.69 Å². The Morgan fingerprint density at radius 1 is 1.00 bits per heavy atom. The van der Waals surface area contributed by atoms with E-state index in [1.54, 1.807) is 20.8 Å². The van der Waals surface area contributed by atoms with Crippen molar-refractivity contribution in [2.24, 2.45) is 0 Å². The van der Waals surface area contributed by atoms with Crippen LogP contribution in [0, 0.1) is 0 Å². The van der Waals surface area contributed by atoms with E-state index >= 15 is 0 Å². The van der Waals surface area contributed by atoms with Crippen LogP contribution in [0.15, 0.2) is 48.5 Å². The molecule has 0 unspecified atom stereocenters. The van der Waals surface area contributed by atoms with E-state index in [0.717, 1.165) is 16.3 Å². The zero-order chi connectivity index (χ0) is 23.9. The van der Waals surface area contributed by atoms with Crippen molar-refractivity contribution in [1.82, 2.24) is 4.90 Å². The quantitative estimate of drug-likeness (QED) is 0.503. The number of ether oxygens (including phenoxy) is 1. The van der Waals surface area contributed by atoms with Crippen molar-refractivity contribution in [2.75, 3.05) is 6.61 Å². The highest BCUT2D eigenvalue weighted by molar-refractivity contribution is 6.74. The van der Waals surface area contributed by atoms with E-state index in [2.05, 4.69) is 33.9 Å². The molecule has 1 aliphatic rings. The van der Waals surface area contributed by atoms with Crippen LogP contribution in [-0.2, 0) is 14.0 Å². The van der Waals surface area contributed by atoms with Crippen LogP contribution in [0.4, 0.5) is 4.79 Å². The Labute approximate surface area is 192 Å². The first-order valence-corrected chi connectivity index (χ1v) is 14.0. The van der Waals surface area contributed by atoms with Gasteiger partial charge in [0, 0.05) is 5.57 Å². The highest BCUT2D eigenvalue weighted by Gasteiger charge is 2.43. The number of hydrogen-bond donors (Lipinski definition) is 0. The first-order valence-electron chi connectivity index (χ1n) is 11.1. The molecule has 0 aromatic heterocycles. The molecule has 0 fully saturated rings. The molecule has 1 aliphatic heterocycles. The van der Waals surface area contributed by atoms with Crippen LogP contribution in [0.1, 0.15) is 47.1 Å². The number of benzene rings is 2. The largest absolute Gasteiger partial charge is 0.443 e. The fourth-order valence-corrected chi connectivity index (χ4v) is 4.38. The summed E-state index contributed by atoms with van der Waals surface area (Å²) >= 11 is 0. The molecule has 0 bridgehead atoms. The molecule has 1 heterocycles. The molecule has 0 saturated heterocycles. The van der Waals surface area contributed by atoms with Crippen molar-refractivity contribution < 1.29 is 18.8 Å². The predicted octanol–water partition coefficient (Wildman–Crippen LogP) is 6.39. The molecule has 2 aromatic carbocycles. The third kappa shape index (κ3) is 5.13. The number of imide groups is 1. The fraction of sp³-hybridized carbons (Fsp3) is 0.462. The molecule has 1 atom stereocenters. The van der Waals surface area contributed by atoms with Crippen LogP contribution in [0.2, 0.25) is 18.1 Å². The molecule has 3 rings (SSSR count). The molecule has 172 valence electrons. The number of fused-ring (bicyclic) bond motifs is 1. The second-order valence-corrected chi connectivity index (χ2v) is 15.7. The highest BCUT2D eigenvalue weighted by Crippen LogP contribution is 2.38.